The number of pyridine rings is 1. The molecule has 0 saturated heterocycles. The molecule has 0 bridgehead atoms. The molecule has 2 unspecified atom stereocenters. The Morgan fingerprint density at radius 1 is 1.39 bits per heavy atom. The summed E-state index contributed by atoms with van der Waals surface area (Å²) in [6, 6.07) is 4.20. The molecule has 2 atom stereocenters. The Morgan fingerprint density at radius 2 is 2.17 bits per heavy atom. The summed E-state index contributed by atoms with van der Waals surface area (Å²) < 4.78 is 0. The molecule has 0 aliphatic heterocycles. The molecule has 120 valence electrons. The van der Waals surface area contributed by atoms with Gasteiger partial charge in [0.25, 0.3) is 0 Å². The highest BCUT2D eigenvalue weighted by molar-refractivity contribution is 5.87. The van der Waals surface area contributed by atoms with E-state index in [2.05, 4.69) is 64.6 Å². The van der Waals surface area contributed by atoms with Gasteiger partial charge in [0.1, 0.15) is 0 Å². The Labute approximate surface area is 140 Å². The number of allylic oxidation sites excluding steroid dienone is 7. The summed E-state index contributed by atoms with van der Waals surface area (Å²) in [7, 11) is 0. The molecule has 3 rings (SSSR count). The van der Waals surface area contributed by atoms with Crippen molar-refractivity contribution in [1.82, 2.24) is 4.98 Å². The fourth-order valence-corrected chi connectivity index (χ4v) is 4.11. The second-order valence-corrected chi connectivity index (χ2v) is 7.33. The molecule has 1 nitrogen and oxygen atoms in total. The van der Waals surface area contributed by atoms with Crippen LogP contribution in [0.3, 0.4) is 0 Å². The van der Waals surface area contributed by atoms with E-state index < -0.39 is 0 Å². The first-order valence-corrected chi connectivity index (χ1v) is 8.66. The molecule has 0 spiro atoms. The highest BCUT2D eigenvalue weighted by Gasteiger charge is 2.40. The van der Waals surface area contributed by atoms with Crippen molar-refractivity contribution < 1.29 is 0 Å². The summed E-state index contributed by atoms with van der Waals surface area (Å²) in [4.78, 5) is 4.76. The molecule has 1 aromatic rings. The lowest BCUT2D eigenvalue weighted by atomic mass is 9.61. The molecule has 2 aliphatic carbocycles. The number of fused-ring (bicyclic) bond motifs is 2. The SMILES string of the molecule is C=C1CC2=C(c3ncccc31)C(C(C)(C=CC)C(C)C)CC=C2. The lowest BCUT2D eigenvalue weighted by Gasteiger charge is -2.43. The number of hydrogen-bond donors (Lipinski definition) is 0. The van der Waals surface area contributed by atoms with Gasteiger partial charge < -0.3 is 0 Å². The van der Waals surface area contributed by atoms with Gasteiger partial charge in [0.2, 0.25) is 0 Å². The van der Waals surface area contributed by atoms with Gasteiger partial charge in [-0.3, -0.25) is 4.98 Å². The minimum absolute atomic E-state index is 0.132. The average molecular weight is 305 g/mol. The molecular weight excluding hydrogens is 278 g/mol. The number of rotatable bonds is 3. The zero-order valence-corrected chi connectivity index (χ0v) is 14.8. The van der Waals surface area contributed by atoms with Crippen LogP contribution in [0, 0.1) is 17.3 Å². The maximum absolute atomic E-state index is 4.76. The molecule has 0 N–H and O–H groups in total. The first-order valence-electron chi connectivity index (χ1n) is 8.66. The maximum Gasteiger partial charge on any atom is 0.0742 e. The van der Waals surface area contributed by atoms with Gasteiger partial charge in [0.05, 0.1) is 5.69 Å². The standard InChI is InChI=1S/C22H27N/c1-6-12-22(5,15(2)3)19-11-7-9-17-14-16(4)18-10-8-13-23-21(18)20(17)19/h6-10,12-13,15,19H,4,11,14H2,1-3,5H3. The van der Waals surface area contributed by atoms with Crippen molar-refractivity contribution in [3.8, 4) is 0 Å². The van der Waals surface area contributed by atoms with Gasteiger partial charge in [0, 0.05) is 11.8 Å². The highest BCUT2D eigenvalue weighted by Crippen LogP contribution is 2.52. The van der Waals surface area contributed by atoms with Crippen LogP contribution in [-0.2, 0) is 0 Å². The molecule has 0 amide bonds. The Hall–Kier alpha value is -1.89. The van der Waals surface area contributed by atoms with Crippen LogP contribution in [0.5, 0.6) is 0 Å². The van der Waals surface area contributed by atoms with Gasteiger partial charge in [-0.1, -0.05) is 57.7 Å². The van der Waals surface area contributed by atoms with Gasteiger partial charge in [0.15, 0.2) is 0 Å². The molecule has 0 radical (unpaired) electrons. The van der Waals surface area contributed by atoms with Crippen LogP contribution in [0.2, 0.25) is 0 Å². The molecule has 1 heteroatoms. The van der Waals surface area contributed by atoms with Crippen LogP contribution in [0.4, 0.5) is 0 Å². The summed E-state index contributed by atoms with van der Waals surface area (Å²) >= 11 is 0. The highest BCUT2D eigenvalue weighted by atomic mass is 14.7. The zero-order chi connectivity index (χ0) is 16.6. The quantitative estimate of drug-likeness (QED) is 0.618. The minimum atomic E-state index is 0.132. The van der Waals surface area contributed by atoms with Crippen LogP contribution in [0.15, 0.2) is 54.8 Å². The van der Waals surface area contributed by atoms with E-state index in [0.29, 0.717) is 11.8 Å². The number of aromatic nitrogens is 1. The molecule has 1 heterocycles. The van der Waals surface area contributed by atoms with Crippen molar-refractivity contribution in [3.63, 3.8) is 0 Å². The summed E-state index contributed by atoms with van der Waals surface area (Å²) in [6.07, 6.45) is 13.2. The Balaban J connectivity index is 2.19. The summed E-state index contributed by atoms with van der Waals surface area (Å²) in [5, 5.41) is 0. The van der Waals surface area contributed by atoms with Gasteiger partial charge in [-0.25, -0.2) is 0 Å². The van der Waals surface area contributed by atoms with E-state index >= 15 is 0 Å². The lowest BCUT2D eigenvalue weighted by molar-refractivity contribution is 0.221. The fraction of sp³-hybridized carbons (Fsp3) is 0.409. The van der Waals surface area contributed by atoms with Crippen LogP contribution in [0.1, 0.15) is 51.8 Å². The molecule has 23 heavy (non-hydrogen) atoms. The summed E-state index contributed by atoms with van der Waals surface area (Å²) in [5.41, 5.74) is 6.57. The number of hydrogen-bond acceptors (Lipinski definition) is 1. The van der Waals surface area contributed by atoms with Crippen LogP contribution >= 0.6 is 0 Å². The third kappa shape index (κ3) is 2.52. The van der Waals surface area contributed by atoms with E-state index in [4.69, 9.17) is 4.98 Å². The Bertz CT molecular complexity index is 717. The largest absolute Gasteiger partial charge is 0.256 e. The second-order valence-electron chi connectivity index (χ2n) is 7.33. The van der Waals surface area contributed by atoms with Gasteiger partial charge in [-0.15, -0.1) is 0 Å². The molecule has 0 fully saturated rings. The van der Waals surface area contributed by atoms with E-state index in [1.54, 1.807) is 0 Å². The zero-order valence-electron chi connectivity index (χ0n) is 14.8. The third-order valence-corrected chi connectivity index (χ3v) is 5.75. The van der Waals surface area contributed by atoms with E-state index in [1.165, 1.54) is 22.3 Å². The Kier molecular flexibility index (Phi) is 4.14. The van der Waals surface area contributed by atoms with E-state index in [9.17, 15) is 0 Å². The van der Waals surface area contributed by atoms with E-state index in [1.807, 2.05) is 12.3 Å². The molecule has 0 aromatic carbocycles. The van der Waals surface area contributed by atoms with Crippen molar-refractivity contribution >= 4 is 11.1 Å². The summed E-state index contributed by atoms with van der Waals surface area (Å²) in [5.74, 6) is 1.04. The minimum Gasteiger partial charge on any atom is -0.256 e. The van der Waals surface area contributed by atoms with Crippen molar-refractivity contribution in [2.75, 3.05) is 0 Å². The fourth-order valence-electron chi connectivity index (χ4n) is 4.11. The predicted octanol–water partition coefficient (Wildman–Crippen LogP) is 6.07. The number of nitrogens with zero attached hydrogens (tertiary/aromatic N) is 1. The van der Waals surface area contributed by atoms with Crippen molar-refractivity contribution in [3.05, 3.63) is 66.0 Å². The molecular formula is C22H27N. The third-order valence-electron chi connectivity index (χ3n) is 5.75. The Morgan fingerprint density at radius 3 is 2.87 bits per heavy atom. The molecule has 1 aromatic heterocycles. The normalized spacial score (nSPS) is 23.2. The second kappa shape index (κ2) is 5.96. The smallest absolute Gasteiger partial charge is 0.0742 e. The lowest BCUT2D eigenvalue weighted by Crippen LogP contribution is -2.34. The van der Waals surface area contributed by atoms with Crippen molar-refractivity contribution in [1.29, 1.82) is 0 Å². The topological polar surface area (TPSA) is 12.9 Å². The predicted molar refractivity (Wildman–Crippen MR) is 99.8 cm³/mol. The van der Waals surface area contributed by atoms with E-state index in [0.717, 1.165) is 18.5 Å². The molecule has 0 saturated carbocycles. The van der Waals surface area contributed by atoms with Crippen LogP contribution in [-0.4, -0.2) is 4.98 Å². The van der Waals surface area contributed by atoms with Crippen molar-refractivity contribution in [2.45, 2.75) is 40.5 Å². The van der Waals surface area contributed by atoms with Gasteiger partial charge in [-0.2, -0.15) is 0 Å². The first-order chi connectivity index (χ1) is 11.0. The van der Waals surface area contributed by atoms with Crippen LogP contribution in [0.25, 0.3) is 11.1 Å². The van der Waals surface area contributed by atoms with Gasteiger partial charge in [-0.05, 0) is 59.8 Å². The van der Waals surface area contributed by atoms with E-state index in [-0.39, 0.29) is 5.41 Å². The summed E-state index contributed by atoms with van der Waals surface area (Å²) in [6.45, 7) is 13.5. The monoisotopic (exact) mass is 305 g/mol. The van der Waals surface area contributed by atoms with Crippen molar-refractivity contribution in [2.24, 2.45) is 17.3 Å². The average Bonchev–Trinajstić information content (AvgIpc) is 2.54. The maximum atomic E-state index is 4.76. The first kappa shape index (κ1) is 16.0. The molecule has 2 aliphatic rings. The van der Waals surface area contributed by atoms with Crippen LogP contribution < -0.4 is 0 Å². The van der Waals surface area contributed by atoms with Gasteiger partial charge >= 0.3 is 0 Å².